The SMILES string of the molecule is CCCCCC(C)(CC)C(=O)[O-].CCCCCC(C)(CC)C(=O)[O-].[Fe+2]. The van der Waals surface area contributed by atoms with Gasteiger partial charge in [-0.1, -0.05) is 80.1 Å². The van der Waals surface area contributed by atoms with Crippen LogP contribution in [0.3, 0.4) is 0 Å². The molecule has 4 nitrogen and oxygen atoms in total. The van der Waals surface area contributed by atoms with Crippen molar-refractivity contribution in [2.24, 2.45) is 10.8 Å². The zero-order valence-corrected chi connectivity index (χ0v) is 18.2. The van der Waals surface area contributed by atoms with Crippen LogP contribution in [0.1, 0.15) is 106 Å². The number of unbranched alkanes of at least 4 members (excludes halogenated alkanes) is 4. The number of hydrogen-bond acceptors (Lipinski definition) is 4. The van der Waals surface area contributed by atoms with Crippen LogP contribution in [0.15, 0.2) is 0 Å². The van der Waals surface area contributed by atoms with Crippen LogP contribution in [-0.4, -0.2) is 11.9 Å². The second kappa shape index (κ2) is 15.7. The second-order valence-electron chi connectivity index (χ2n) is 7.32. The van der Waals surface area contributed by atoms with Gasteiger partial charge in [0.1, 0.15) is 0 Å². The van der Waals surface area contributed by atoms with Gasteiger partial charge >= 0.3 is 17.1 Å². The third kappa shape index (κ3) is 12.4. The van der Waals surface area contributed by atoms with Crippen LogP contribution in [0.4, 0.5) is 0 Å². The molecule has 0 aliphatic rings. The second-order valence-corrected chi connectivity index (χ2v) is 7.32. The Hall–Kier alpha value is -0.541. The van der Waals surface area contributed by atoms with E-state index in [9.17, 15) is 19.8 Å². The van der Waals surface area contributed by atoms with Gasteiger partial charge in [0.05, 0.1) is 0 Å². The molecule has 0 aromatic rings. The van der Waals surface area contributed by atoms with E-state index in [1.807, 2.05) is 13.8 Å². The number of carbonyl (C=O) groups is 2. The standard InChI is InChI=1S/2C10H20O2.Fe/c2*1-4-6-7-8-10(3,5-2)9(11)12;/h2*4-8H2,1-3H3,(H,11,12);/q;;+2/p-2. The summed E-state index contributed by atoms with van der Waals surface area (Å²) >= 11 is 0. The van der Waals surface area contributed by atoms with Crippen molar-refractivity contribution in [3.05, 3.63) is 0 Å². The maximum Gasteiger partial charge on any atom is 2.00 e. The normalized spacial score (nSPS) is 15.0. The molecule has 5 heteroatoms. The average Bonchev–Trinajstić information content (AvgIpc) is 2.55. The molecule has 0 rings (SSSR count). The largest absolute Gasteiger partial charge is 2.00 e. The first kappa shape index (κ1) is 29.2. The number of rotatable bonds is 12. The minimum Gasteiger partial charge on any atom is -0.550 e. The maximum atomic E-state index is 10.7. The third-order valence-electron chi connectivity index (χ3n) is 5.21. The Morgan fingerprint density at radius 2 is 0.960 bits per heavy atom. The van der Waals surface area contributed by atoms with E-state index in [1.165, 1.54) is 0 Å². The molecule has 0 fully saturated rings. The molecule has 0 N–H and O–H groups in total. The van der Waals surface area contributed by atoms with Crippen LogP contribution in [0, 0.1) is 10.8 Å². The van der Waals surface area contributed by atoms with Gasteiger partial charge in [-0.05, 0) is 25.7 Å². The van der Waals surface area contributed by atoms with Gasteiger partial charge in [0.2, 0.25) is 0 Å². The third-order valence-corrected chi connectivity index (χ3v) is 5.21. The van der Waals surface area contributed by atoms with Crippen LogP contribution in [0.25, 0.3) is 0 Å². The smallest absolute Gasteiger partial charge is 0.550 e. The molecule has 0 saturated carbocycles. The molecule has 0 aliphatic heterocycles. The molecule has 2 atom stereocenters. The molecular weight excluding hydrogens is 360 g/mol. The average molecular weight is 398 g/mol. The van der Waals surface area contributed by atoms with Crippen molar-refractivity contribution in [3.8, 4) is 0 Å². The number of carbonyl (C=O) groups excluding carboxylic acids is 2. The molecule has 0 amide bonds. The van der Waals surface area contributed by atoms with E-state index >= 15 is 0 Å². The molecule has 0 radical (unpaired) electrons. The Morgan fingerprint density at radius 1 is 0.680 bits per heavy atom. The zero-order valence-electron chi connectivity index (χ0n) is 17.1. The Morgan fingerprint density at radius 3 is 1.12 bits per heavy atom. The number of hydrogen-bond donors (Lipinski definition) is 0. The molecule has 0 aromatic heterocycles. The monoisotopic (exact) mass is 398 g/mol. The first-order valence-electron chi connectivity index (χ1n) is 9.56. The minimum atomic E-state index is -0.902. The van der Waals surface area contributed by atoms with Gasteiger partial charge in [-0.2, -0.15) is 0 Å². The number of aliphatic carboxylic acids is 2. The van der Waals surface area contributed by atoms with Gasteiger partial charge in [0.15, 0.2) is 0 Å². The maximum absolute atomic E-state index is 10.7. The predicted octanol–water partition coefficient (Wildman–Crippen LogP) is 3.46. The van der Waals surface area contributed by atoms with E-state index < -0.39 is 22.8 Å². The quantitative estimate of drug-likeness (QED) is 0.372. The van der Waals surface area contributed by atoms with E-state index in [1.54, 1.807) is 13.8 Å². The van der Waals surface area contributed by atoms with Crippen molar-refractivity contribution in [3.63, 3.8) is 0 Å². The predicted molar refractivity (Wildman–Crippen MR) is 95.1 cm³/mol. The fraction of sp³-hybridized carbons (Fsp3) is 0.900. The van der Waals surface area contributed by atoms with Crippen molar-refractivity contribution in [2.75, 3.05) is 0 Å². The number of carboxylic acid groups (broad SMARTS) is 2. The summed E-state index contributed by atoms with van der Waals surface area (Å²) in [5.41, 5.74) is -1.20. The Balaban J connectivity index is -0.000000372. The van der Waals surface area contributed by atoms with Crippen molar-refractivity contribution in [1.29, 1.82) is 0 Å². The molecule has 2 unspecified atom stereocenters. The van der Waals surface area contributed by atoms with Crippen molar-refractivity contribution in [1.82, 2.24) is 0 Å². The molecule has 0 aliphatic carbocycles. The van der Waals surface area contributed by atoms with Crippen molar-refractivity contribution < 1.29 is 36.9 Å². The molecular formula is C20H38FeO4. The summed E-state index contributed by atoms with van der Waals surface area (Å²) in [4.78, 5) is 21.5. The van der Waals surface area contributed by atoms with E-state index in [0.29, 0.717) is 12.8 Å². The molecule has 150 valence electrons. The van der Waals surface area contributed by atoms with E-state index in [4.69, 9.17) is 0 Å². The molecule has 0 aromatic carbocycles. The van der Waals surface area contributed by atoms with Gasteiger partial charge in [-0.25, -0.2) is 0 Å². The van der Waals surface area contributed by atoms with E-state index in [2.05, 4.69) is 13.8 Å². The summed E-state index contributed by atoms with van der Waals surface area (Å²) in [6.07, 6.45) is 9.31. The topological polar surface area (TPSA) is 80.3 Å². The first-order chi connectivity index (χ1) is 11.1. The molecule has 0 saturated heterocycles. The van der Waals surface area contributed by atoms with Crippen LogP contribution in [0.2, 0.25) is 0 Å². The molecule has 0 bridgehead atoms. The Kier molecular flexibility index (Phi) is 18.4. The van der Waals surface area contributed by atoms with Gasteiger partial charge in [0.25, 0.3) is 0 Å². The first-order valence-corrected chi connectivity index (χ1v) is 9.56. The Bertz CT molecular complexity index is 326. The summed E-state index contributed by atoms with van der Waals surface area (Å²) in [6, 6.07) is 0. The molecule has 25 heavy (non-hydrogen) atoms. The van der Waals surface area contributed by atoms with Crippen molar-refractivity contribution in [2.45, 2.75) is 106 Å². The summed E-state index contributed by atoms with van der Waals surface area (Å²) in [7, 11) is 0. The number of carboxylic acids is 2. The van der Waals surface area contributed by atoms with Crippen LogP contribution >= 0.6 is 0 Å². The molecule has 0 spiro atoms. The van der Waals surface area contributed by atoms with Gasteiger partial charge in [0, 0.05) is 22.8 Å². The van der Waals surface area contributed by atoms with Gasteiger partial charge in [-0.3, -0.25) is 0 Å². The summed E-state index contributed by atoms with van der Waals surface area (Å²) < 4.78 is 0. The van der Waals surface area contributed by atoms with Gasteiger partial charge < -0.3 is 19.8 Å². The fourth-order valence-electron chi connectivity index (χ4n) is 2.38. The van der Waals surface area contributed by atoms with Gasteiger partial charge in [-0.15, -0.1) is 0 Å². The van der Waals surface area contributed by atoms with Crippen LogP contribution in [0.5, 0.6) is 0 Å². The van der Waals surface area contributed by atoms with E-state index in [0.717, 1.165) is 51.4 Å². The summed E-state index contributed by atoms with van der Waals surface area (Å²) in [5.74, 6) is -1.80. The Labute approximate surface area is 165 Å². The van der Waals surface area contributed by atoms with Crippen molar-refractivity contribution >= 4 is 11.9 Å². The van der Waals surface area contributed by atoms with Crippen LogP contribution in [-0.2, 0) is 26.7 Å². The molecule has 0 heterocycles. The van der Waals surface area contributed by atoms with E-state index in [-0.39, 0.29) is 17.1 Å². The fourth-order valence-corrected chi connectivity index (χ4v) is 2.38. The zero-order chi connectivity index (χ0) is 19.2. The minimum absolute atomic E-state index is 0. The van der Waals surface area contributed by atoms with Crippen LogP contribution < -0.4 is 10.2 Å². The summed E-state index contributed by atoms with van der Waals surface area (Å²) in [5, 5.41) is 21.5. The summed E-state index contributed by atoms with van der Waals surface area (Å²) in [6.45, 7) is 11.6.